The van der Waals surface area contributed by atoms with E-state index in [2.05, 4.69) is 9.97 Å². The molecule has 1 unspecified atom stereocenters. The van der Waals surface area contributed by atoms with Crippen LogP contribution in [0.3, 0.4) is 0 Å². The Labute approximate surface area is 114 Å². The molecule has 1 aromatic heterocycles. The number of hydrogen-bond acceptors (Lipinski definition) is 5. The molecule has 1 atom stereocenters. The molecule has 3 N–H and O–H groups in total. The molecule has 1 saturated carbocycles. The summed E-state index contributed by atoms with van der Waals surface area (Å²) >= 11 is 1.44. The van der Waals surface area contributed by atoms with Crippen molar-refractivity contribution in [2.24, 2.45) is 5.92 Å². The van der Waals surface area contributed by atoms with Gasteiger partial charge in [0.15, 0.2) is 5.16 Å². The Morgan fingerprint density at radius 3 is 3.05 bits per heavy atom. The molecule has 0 saturated heterocycles. The number of H-pyrrole nitrogens is 1. The summed E-state index contributed by atoms with van der Waals surface area (Å²) in [6, 6.07) is 5.53. The molecule has 2 aromatic rings. The van der Waals surface area contributed by atoms with Crippen LogP contribution in [-0.4, -0.2) is 28.3 Å². The van der Waals surface area contributed by atoms with Crippen LogP contribution >= 0.6 is 11.8 Å². The number of rotatable bonds is 4. The van der Waals surface area contributed by atoms with Gasteiger partial charge in [-0.05, 0) is 37.0 Å². The van der Waals surface area contributed by atoms with Crippen molar-refractivity contribution >= 4 is 34.5 Å². The summed E-state index contributed by atoms with van der Waals surface area (Å²) in [6.45, 7) is 0. The molecule has 100 valence electrons. The number of nitrogens with zero attached hydrogens (tertiary/aromatic N) is 1. The van der Waals surface area contributed by atoms with Crippen LogP contribution in [0, 0.1) is 5.92 Å². The lowest BCUT2D eigenvalue weighted by atomic mass is 10.3. The smallest absolute Gasteiger partial charge is 0.319 e. The van der Waals surface area contributed by atoms with Gasteiger partial charge in [0.05, 0.1) is 18.1 Å². The highest BCUT2D eigenvalue weighted by atomic mass is 32.2. The van der Waals surface area contributed by atoms with E-state index in [1.807, 2.05) is 18.2 Å². The van der Waals surface area contributed by atoms with Gasteiger partial charge in [-0.3, -0.25) is 4.79 Å². The molecule has 1 fully saturated rings. The molecular weight excluding hydrogens is 262 g/mol. The number of ether oxygens (including phenoxy) is 1. The molecule has 0 radical (unpaired) electrons. The number of aromatic amines is 1. The SMILES string of the molecule is COC(=O)C(Sc1nc2ccc(N)cc2[nH]1)C1CC1. The predicted molar refractivity (Wildman–Crippen MR) is 74.9 cm³/mol. The van der Waals surface area contributed by atoms with Crippen LogP contribution < -0.4 is 5.73 Å². The van der Waals surface area contributed by atoms with Crippen LogP contribution in [0.1, 0.15) is 12.8 Å². The predicted octanol–water partition coefficient (Wildman–Crippen LogP) is 2.19. The van der Waals surface area contributed by atoms with Crippen molar-refractivity contribution in [1.82, 2.24) is 9.97 Å². The average Bonchev–Trinajstić information content (AvgIpc) is 3.16. The van der Waals surface area contributed by atoms with Crippen LogP contribution in [0.15, 0.2) is 23.4 Å². The van der Waals surface area contributed by atoms with E-state index in [1.54, 1.807) is 0 Å². The van der Waals surface area contributed by atoms with E-state index in [9.17, 15) is 4.79 Å². The normalized spacial score (nSPS) is 16.5. The van der Waals surface area contributed by atoms with Crippen molar-refractivity contribution in [3.05, 3.63) is 18.2 Å². The number of methoxy groups -OCH3 is 1. The first-order valence-electron chi connectivity index (χ1n) is 6.17. The van der Waals surface area contributed by atoms with Crippen LogP contribution in [-0.2, 0) is 9.53 Å². The van der Waals surface area contributed by atoms with E-state index in [0.29, 0.717) is 11.6 Å². The minimum Gasteiger partial charge on any atom is -0.468 e. The van der Waals surface area contributed by atoms with Crippen molar-refractivity contribution < 1.29 is 9.53 Å². The number of hydrogen-bond donors (Lipinski definition) is 2. The van der Waals surface area contributed by atoms with Gasteiger partial charge in [0, 0.05) is 5.69 Å². The van der Waals surface area contributed by atoms with Gasteiger partial charge in [0.1, 0.15) is 5.25 Å². The summed E-state index contributed by atoms with van der Waals surface area (Å²) in [5.74, 6) is 0.239. The standard InChI is InChI=1S/C13H15N3O2S/c1-18-12(17)11(7-2-3-7)19-13-15-9-5-4-8(14)6-10(9)16-13/h4-7,11H,2-3,14H2,1H3,(H,15,16). The maximum atomic E-state index is 11.8. The molecular formula is C13H15N3O2S. The molecule has 6 heteroatoms. The number of anilines is 1. The highest BCUT2D eigenvalue weighted by Crippen LogP contribution is 2.41. The first-order chi connectivity index (χ1) is 9.17. The largest absolute Gasteiger partial charge is 0.468 e. The molecule has 3 rings (SSSR count). The third-order valence-electron chi connectivity index (χ3n) is 3.21. The van der Waals surface area contributed by atoms with Crippen LogP contribution in [0.5, 0.6) is 0 Å². The van der Waals surface area contributed by atoms with Gasteiger partial charge in [0.25, 0.3) is 0 Å². The van der Waals surface area contributed by atoms with Crippen molar-refractivity contribution in [1.29, 1.82) is 0 Å². The zero-order valence-electron chi connectivity index (χ0n) is 10.6. The molecule has 1 aliphatic rings. The van der Waals surface area contributed by atoms with Gasteiger partial charge in [-0.25, -0.2) is 4.98 Å². The summed E-state index contributed by atoms with van der Waals surface area (Å²) in [7, 11) is 1.43. The topological polar surface area (TPSA) is 81.0 Å². The van der Waals surface area contributed by atoms with Crippen LogP contribution in [0.4, 0.5) is 5.69 Å². The number of carbonyl (C=O) groups excluding carboxylic acids is 1. The zero-order valence-corrected chi connectivity index (χ0v) is 11.4. The fourth-order valence-electron chi connectivity index (χ4n) is 2.03. The third kappa shape index (κ3) is 2.53. The number of thioether (sulfide) groups is 1. The highest BCUT2D eigenvalue weighted by Gasteiger charge is 2.38. The van der Waals surface area contributed by atoms with Crippen LogP contribution in [0.25, 0.3) is 11.0 Å². The van der Waals surface area contributed by atoms with Crippen molar-refractivity contribution in [2.45, 2.75) is 23.2 Å². The van der Waals surface area contributed by atoms with Crippen molar-refractivity contribution in [3.8, 4) is 0 Å². The number of esters is 1. The van der Waals surface area contributed by atoms with Crippen molar-refractivity contribution in [3.63, 3.8) is 0 Å². The first kappa shape index (κ1) is 12.3. The Balaban J connectivity index is 1.85. The molecule has 0 amide bonds. The van der Waals surface area contributed by atoms with E-state index in [-0.39, 0.29) is 11.2 Å². The van der Waals surface area contributed by atoms with E-state index in [4.69, 9.17) is 10.5 Å². The Hall–Kier alpha value is -1.69. The molecule has 19 heavy (non-hydrogen) atoms. The Bertz CT molecular complexity index is 621. The van der Waals surface area contributed by atoms with E-state index >= 15 is 0 Å². The number of nitrogens with one attached hydrogen (secondary N) is 1. The second kappa shape index (κ2) is 4.77. The second-order valence-corrected chi connectivity index (χ2v) is 5.85. The maximum Gasteiger partial charge on any atom is 0.319 e. The minimum atomic E-state index is -0.174. The van der Waals surface area contributed by atoms with Crippen molar-refractivity contribution in [2.75, 3.05) is 12.8 Å². The quantitative estimate of drug-likeness (QED) is 0.508. The number of carbonyl (C=O) groups is 1. The monoisotopic (exact) mass is 277 g/mol. The van der Waals surface area contributed by atoms with Gasteiger partial charge >= 0.3 is 5.97 Å². The highest BCUT2D eigenvalue weighted by molar-refractivity contribution is 8.00. The average molecular weight is 277 g/mol. The third-order valence-corrected chi connectivity index (χ3v) is 4.45. The van der Waals surface area contributed by atoms with E-state index in [1.165, 1.54) is 18.9 Å². The number of benzene rings is 1. The molecule has 0 spiro atoms. The maximum absolute atomic E-state index is 11.8. The minimum absolute atomic E-state index is 0.164. The lowest BCUT2D eigenvalue weighted by Gasteiger charge is -2.10. The fourth-order valence-corrected chi connectivity index (χ4v) is 3.25. The summed E-state index contributed by atoms with van der Waals surface area (Å²) in [5, 5.41) is 0.575. The van der Waals surface area contributed by atoms with E-state index in [0.717, 1.165) is 29.0 Å². The molecule has 5 nitrogen and oxygen atoms in total. The molecule has 1 heterocycles. The first-order valence-corrected chi connectivity index (χ1v) is 7.05. The summed E-state index contributed by atoms with van der Waals surface area (Å²) < 4.78 is 4.86. The molecule has 1 aliphatic carbocycles. The summed E-state index contributed by atoms with van der Waals surface area (Å²) in [5.41, 5.74) is 8.18. The number of fused-ring (bicyclic) bond motifs is 1. The lowest BCUT2D eigenvalue weighted by Crippen LogP contribution is -2.21. The van der Waals surface area contributed by atoms with Gasteiger partial charge in [-0.1, -0.05) is 11.8 Å². The summed E-state index contributed by atoms with van der Waals surface area (Å²) in [4.78, 5) is 19.4. The van der Waals surface area contributed by atoms with Gasteiger partial charge in [0.2, 0.25) is 0 Å². The number of imidazole rings is 1. The molecule has 0 bridgehead atoms. The number of nitrogens with two attached hydrogens (primary N) is 1. The Morgan fingerprint density at radius 1 is 1.58 bits per heavy atom. The van der Waals surface area contributed by atoms with Gasteiger partial charge in [-0.15, -0.1) is 0 Å². The molecule has 1 aromatic carbocycles. The Kier molecular flexibility index (Phi) is 3.10. The number of nitrogen functional groups attached to an aromatic ring is 1. The van der Waals surface area contributed by atoms with E-state index < -0.39 is 0 Å². The second-order valence-electron chi connectivity index (χ2n) is 4.72. The van der Waals surface area contributed by atoms with Gasteiger partial charge in [-0.2, -0.15) is 0 Å². The zero-order chi connectivity index (χ0) is 13.4. The Morgan fingerprint density at radius 2 is 2.37 bits per heavy atom. The lowest BCUT2D eigenvalue weighted by molar-refractivity contribution is -0.140. The number of aromatic nitrogens is 2. The summed E-state index contributed by atoms with van der Waals surface area (Å²) in [6.07, 6.45) is 2.17. The molecule has 0 aliphatic heterocycles. The van der Waals surface area contributed by atoms with Crippen LogP contribution in [0.2, 0.25) is 0 Å². The fraction of sp³-hybridized carbons (Fsp3) is 0.385. The van der Waals surface area contributed by atoms with Gasteiger partial charge < -0.3 is 15.5 Å².